The van der Waals surface area contributed by atoms with Crippen molar-refractivity contribution in [1.82, 2.24) is 9.97 Å². The molecule has 0 fully saturated rings. The Labute approximate surface area is 164 Å². The summed E-state index contributed by atoms with van der Waals surface area (Å²) < 4.78 is 0. The van der Waals surface area contributed by atoms with Gasteiger partial charge in [-0.25, -0.2) is 0 Å². The molecule has 0 amide bonds. The molecule has 0 N–H and O–H groups in total. The van der Waals surface area contributed by atoms with Crippen molar-refractivity contribution in [2.75, 3.05) is 0 Å². The molecule has 2 aromatic heterocycles. The fourth-order valence-corrected chi connectivity index (χ4v) is 2.28. The summed E-state index contributed by atoms with van der Waals surface area (Å²) in [5, 5.41) is 0. The minimum atomic E-state index is 0. The maximum absolute atomic E-state index is 4.25. The molecule has 3 heteroatoms. The molecular formula is C22H18AgN2+. The minimum Gasteiger partial charge on any atom is -0.256 e. The van der Waals surface area contributed by atoms with Gasteiger partial charge in [-0.3, -0.25) is 9.97 Å². The van der Waals surface area contributed by atoms with Gasteiger partial charge in [0.05, 0.1) is 11.4 Å². The van der Waals surface area contributed by atoms with E-state index < -0.39 is 0 Å². The van der Waals surface area contributed by atoms with Gasteiger partial charge in [-0.1, -0.05) is 72.8 Å². The Hall–Kier alpha value is -2.52. The van der Waals surface area contributed by atoms with Crippen molar-refractivity contribution < 1.29 is 22.4 Å². The summed E-state index contributed by atoms with van der Waals surface area (Å²) in [6.07, 6.45) is 3.62. The van der Waals surface area contributed by atoms with Crippen LogP contribution in [-0.4, -0.2) is 9.97 Å². The van der Waals surface area contributed by atoms with Crippen LogP contribution < -0.4 is 0 Å². The van der Waals surface area contributed by atoms with Crippen LogP contribution in [0.1, 0.15) is 0 Å². The summed E-state index contributed by atoms with van der Waals surface area (Å²) in [4.78, 5) is 8.50. The van der Waals surface area contributed by atoms with Crippen LogP contribution in [0.25, 0.3) is 22.5 Å². The van der Waals surface area contributed by atoms with Crippen LogP contribution in [0, 0.1) is 0 Å². The fourth-order valence-electron chi connectivity index (χ4n) is 2.28. The third-order valence-electron chi connectivity index (χ3n) is 3.47. The van der Waals surface area contributed by atoms with Crippen LogP contribution in [0.5, 0.6) is 0 Å². The average molecular weight is 418 g/mol. The number of rotatable bonds is 2. The van der Waals surface area contributed by atoms with E-state index in [1.807, 2.05) is 85.2 Å². The number of nitrogens with zero attached hydrogens (tertiary/aromatic N) is 2. The molecule has 4 rings (SSSR count). The summed E-state index contributed by atoms with van der Waals surface area (Å²) in [6.45, 7) is 0. The van der Waals surface area contributed by atoms with Crippen molar-refractivity contribution in [2.45, 2.75) is 0 Å². The Kier molecular flexibility index (Phi) is 7.80. The van der Waals surface area contributed by atoms with Crippen molar-refractivity contribution in [2.24, 2.45) is 0 Å². The zero-order valence-corrected chi connectivity index (χ0v) is 15.1. The number of hydrogen-bond donors (Lipinski definition) is 0. The van der Waals surface area contributed by atoms with Crippen molar-refractivity contribution in [3.05, 3.63) is 109 Å². The molecule has 0 saturated heterocycles. The minimum absolute atomic E-state index is 0. The summed E-state index contributed by atoms with van der Waals surface area (Å²) in [5.41, 5.74) is 4.38. The molecule has 0 unspecified atom stereocenters. The van der Waals surface area contributed by atoms with Gasteiger partial charge >= 0.3 is 22.4 Å². The van der Waals surface area contributed by atoms with E-state index in [0.29, 0.717) is 0 Å². The molecule has 126 valence electrons. The second-order valence-corrected chi connectivity index (χ2v) is 5.16. The van der Waals surface area contributed by atoms with Gasteiger partial charge in [0.15, 0.2) is 0 Å². The number of benzene rings is 2. The molecule has 25 heavy (non-hydrogen) atoms. The summed E-state index contributed by atoms with van der Waals surface area (Å²) >= 11 is 0. The van der Waals surface area contributed by atoms with Crippen molar-refractivity contribution >= 4 is 0 Å². The quantitative estimate of drug-likeness (QED) is 0.402. The number of aromatic nitrogens is 2. The van der Waals surface area contributed by atoms with Crippen LogP contribution >= 0.6 is 0 Å². The monoisotopic (exact) mass is 417 g/mol. The third kappa shape index (κ3) is 5.80. The molecule has 2 nitrogen and oxygen atoms in total. The maximum Gasteiger partial charge on any atom is 1.00 e. The first kappa shape index (κ1) is 18.8. The van der Waals surface area contributed by atoms with E-state index in [-0.39, 0.29) is 22.4 Å². The van der Waals surface area contributed by atoms with E-state index in [0.717, 1.165) is 22.5 Å². The molecule has 0 atom stereocenters. The van der Waals surface area contributed by atoms with Crippen LogP contribution in [0.2, 0.25) is 0 Å². The Morgan fingerprint density at radius 3 is 1.08 bits per heavy atom. The van der Waals surface area contributed by atoms with Crippen molar-refractivity contribution in [3.63, 3.8) is 0 Å². The van der Waals surface area contributed by atoms with Gasteiger partial charge in [-0.2, -0.15) is 0 Å². The SMILES string of the molecule is [Ag+].c1ccc(-c2ccccn2)cc1.c1ccc(-c2ccccn2)cc1. The molecule has 0 aliphatic rings. The first-order valence-corrected chi connectivity index (χ1v) is 7.86. The second kappa shape index (κ2) is 10.4. The normalized spacial score (nSPS) is 9.28. The zero-order valence-electron chi connectivity index (χ0n) is 13.6. The number of pyridine rings is 2. The average Bonchev–Trinajstić information content (AvgIpc) is 2.71. The van der Waals surface area contributed by atoms with E-state index >= 15 is 0 Å². The van der Waals surface area contributed by atoms with E-state index in [2.05, 4.69) is 34.2 Å². The van der Waals surface area contributed by atoms with Crippen molar-refractivity contribution in [1.29, 1.82) is 0 Å². The van der Waals surface area contributed by atoms with Crippen molar-refractivity contribution in [3.8, 4) is 22.5 Å². The first-order chi connectivity index (χ1) is 11.9. The molecule has 0 aliphatic heterocycles. The summed E-state index contributed by atoms with van der Waals surface area (Å²) in [7, 11) is 0. The summed E-state index contributed by atoms with van der Waals surface area (Å²) in [5.74, 6) is 0. The van der Waals surface area contributed by atoms with E-state index in [1.54, 1.807) is 0 Å². The van der Waals surface area contributed by atoms with Crippen LogP contribution in [-0.2, 0) is 22.4 Å². The molecular weight excluding hydrogens is 400 g/mol. The Morgan fingerprint density at radius 2 is 0.760 bits per heavy atom. The predicted molar refractivity (Wildman–Crippen MR) is 99.3 cm³/mol. The Bertz CT molecular complexity index is 686. The Morgan fingerprint density at radius 1 is 0.400 bits per heavy atom. The molecule has 0 radical (unpaired) electrons. The third-order valence-corrected chi connectivity index (χ3v) is 3.47. The summed E-state index contributed by atoms with van der Waals surface area (Å²) in [6, 6.07) is 32.2. The van der Waals surface area contributed by atoms with Gasteiger partial charge in [0.2, 0.25) is 0 Å². The molecule has 0 saturated carbocycles. The first-order valence-electron chi connectivity index (χ1n) is 7.86. The Balaban J connectivity index is 0.000000173. The van der Waals surface area contributed by atoms with Gasteiger partial charge in [0.25, 0.3) is 0 Å². The van der Waals surface area contributed by atoms with Gasteiger partial charge < -0.3 is 0 Å². The fraction of sp³-hybridized carbons (Fsp3) is 0. The van der Waals surface area contributed by atoms with Gasteiger partial charge in [-0.05, 0) is 24.3 Å². The van der Waals surface area contributed by atoms with Gasteiger partial charge in [0, 0.05) is 23.5 Å². The largest absolute Gasteiger partial charge is 1.00 e. The van der Waals surface area contributed by atoms with Crippen LogP contribution in [0.4, 0.5) is 0 Å². The standard InChI is InChI=1S/2C11H9N.Ag/c2*1-2-6-10(7-3-1)11-8-4-5-9-12-11;/h2*1-9H;/q;;+1. The molecule has 4 aromatic rings. The van der Waals surface area contributed by atoms with E-state index in [9.17, 15) is 0 Å². The van der Waals surface area contributed by atoms with E-state index in [4.69, 9.17) is 0 Å². The maximum atomic E-state index is 4.25. The predicted octanol–water partition coefficient (Wildman–Crippen LogP) is 5.49. The number of hydrogen-bond acceptors (Lipinski definition) is 2. The van der Waals surface area contributed by atoms with E-state index in [1.165, 1.54) is 0 Å². The van der Waals surface area contributed by atoms with Crippen LogP contribution in [0.3, 0.4) is 0 Å². The second-order valence-electron chi connectivity index (χ2n) is 5.16. The molecule has 2 aromatic carbocycles. The van der Waals surface area contributed by atoms with Crippen LogP contribution in [0.15, 0.2) is 109 Å². The molecule has 0 spiro atoms. The molecule has 0 bridgehead atoms. The molecule has 0 aliphatic carbocycles. The topological polar surface area (TPSA) is 25.8 Å². The van der Waals surface area contributed by atoms with Gasteiger partial charge in [-0.15, -0.1) is 0 Å². The zero-order chi connectivity index (χ0) is 16.5. The smallest absolute Gasteiger partial charge is 0.256 e. The molecule has 2 heterocycles. The van der Waals surface area contributed by atoms with Gasteiger partial charge in [0.1, 0.15) is 0 Å².